The molecule has 0 radical (unpaired) electrons. The monoisotopic (exact) mass is 261 g/mol. The zero-order valence-electron chi connectivity index (χ0n) is 11.1. The maximum atomic E-state index is 11.0. The zero-order chi connectivity index (χ0) is 13.8. The van der Waals surface area contributed by atoms with Gasteiger partial charge in [0.2, 0.25) is 0 Å². The number of rotatable bonds is 4. The number of nitro benzene ring substituents is 1. The summed E-state index contributed by atoms with van der Waals surface area (Å²) in [4.78, 5) is 13.0. The number of nitrogens with zero attached hydrogens (tertiary/aromatic N) is 2. The third-order valence-corrected chi connectivity index (χ3v) is 3.54. The molecule has 1 heterocycles. The predicted molar refractivity (Wildman–Crippen MR) is 75.2 cm³/mol. The van der Waals surface area contributed by atoms with Crippen molar-refractivity contribution in [1.29, 1.82) is 0 Å². The summed E-state index contributed by atoms with van der Waals surface area (Å²) in [6, 6.07) is 5.48. The van der Waals surface area contributed by atoms with E-state index in [4.69, 9.17) is 0 Å². The lowest BCUT2D eigenvalue weighted by molar-refractivity contribution is -0.385. The number of aryl methyl sites for hydroxylation is 1. The first-order valence-corrected chi connectivity index (χ1v) is 6.45. The minimum Gasteiger partial charge on any atom is -0.314 e. The van der Waals surface area contributed by atoms with Gasteiger partial charge >= 0.3 is 0 Å². The van der Waals surface area contributed by atoms with Gasteiger partial charge in [-0.25, -0.2) is 0 Å². The van der Waals surface area contributed by atoms with E-state index in [1.54, 1.807) is 13.0 Å². The Morgan fingerprint density at radius 2 is 2.16 bits per heavy atom. The first kappa shape index (κ1) is 13.7. The highest BCUT2D eigenvalue weighted by atomic mass is 16.6. The van der Waals surface area contributed by atoms with Crippen molar-refractivity contribution in [3.05, 3.63) is 52.1 Å². The molecule has 102 valence electrons. The van der Waals surface area contributed by atoms with E-state index in [0.717, 1.165) is 31.7 Å². The van der Waals surface area contributed by atoms with Crippen LogP contribution in [0.5, 0.6) is 0 Å². The van der Waals surface area contributed by atoms with Gasteiger partial charge in [-0.1, -0.05) is 18.2 Å². The van der Waals surface area contributed by atoms with Crippen LogP contribution in [-0.2, 0) is 0 Å². The number of hydrogen-bond donors (Lipinski definition) is 1. The van der Waals surface area contributed by atoms with E-state index in [9.17, 15) is 10.1 Å². The second-order valence-corrected chi connectivity index (χ2v) is 4.77. The highest BCUT2D eigenvalue weighted by Crippen LogP contribution is 2.27. The minimum atomic E-state index is -0.323. The van der Waals surface area contributed by atoms with Gasteiger partial charge in [-0.2, -0.15) is 0 Å². The summed E-state index contributed by atoms with van der Waals surface area (Å²) in [5.74, 6) is 0. The van der Waals surface area contributed by atoms with Gasteiger partial charge < -0.3 is 5.32 Å². The molecule has 0 amide bonds. The summed E-state index contributed by atoms with van der Waals surface area (Å²) in [5, 5.41) is 14.3. The molecule has 0 bridgehead atoms. The molecule has 1 fully saturated rings. The Morgan fingerprint density at radius 3 is 2.74 bits per heavy atom. The van der Waals surface area contributed by atoms with Crippen molar-refractivity contribution >= 4 is 5.69 Å². The van der Waals surface area contributed by atoms with E-state index < -0.39 is 0 Å². The smallest absolute Gasteiger partial charge is 0.272 e. The average molecular weight is 261 g/mol. The fourth-order valence-corrected chi connectivity index (χ4v) is 2.46. The molecule has 0 unspecified atom stereocenters. The summed E-state index contributed by atoms with van der Waals surface area (Å²) in [6.45, 7) is 9.38. The van der Waals surface area contributed by atoms with Crippen LogP contribution in [0, 0.1) is 17.0 Å². The van der Waals surface area contributed by atoms with Gasteiger partial charge in [0.15, 0.2) is 0 Å². The molecule has 1 saturated heterocycles. The Balaban J connectivity index is 2.29. The second kappa shape index (κ2) is 5.95. The largest absolute Gasteiger partial charge is 0.314 e. The standard InChI is InChI=1S/C14H19N3O2/c1-3-13(16-8-6-15-7-9-16)12-5-4-11(2)14(10-12)17(18)19/h3-5,10,13,15H,1,6-9H2,2H3/t13-/m0/s1. The Hall–Kier alpha value is -1.72. The molecule has 0 aliphatic carbocycles. The normalized spacial score (nSPS) is 17.9. The SMILES string of the molecule is C=C[C@@H](c1ccc(C)c([N+](=O)[O-])c1)N1CCNCC1. The van der Waals surface area contributed by atoms with Gasteiger partial charge in [0.25, 0.3) is 5.69 Å². The predicted octanol–water partition coefficient (Wildman–Crippen LogP) is 2.04. The van der Waals surface area contributed by atoms with E-state index in [1.165, 1.54) is 0 Å². The molecule has 0 saturated carbocycles. The van der Waals surface area contributed by atoms with Crippen LogP contribution in [0.3, 0.4) is 0 Å². The number of nitro groups is 1. The molecule has 1 aromatic carbocycles. The van der Waals surface area contributed by atoms with Gasteiger partial charge in [0.1, 0.15) is 0 Å². The summed E-state index contributed by atoms with van der Waals surface area (Å²) < 4.78 is 0. The molecule has 5 nitrogen and oxygen atoms in total. The van der Waals surface area contributed by atoms with Crippen molar-refractivity contribution in [3.63, 3.8) is 0 Å². The maximum Gasteiger partial charge on any atom is 0.272 e. The molecular formula is C14H19N3O2. The van der Waals surface area contributed by atoms with Gasteiger partial charge in [-0.3, -0.25) is 15.0 Å². The Kier molecular flexibility index (Phi) is 4.29. The molecule has 1 atom stereocenters. The molecule has 2 rings (SSSR count). The van der Waals surface area contributed by atoms with E-state index >= 15 is 0 Å². The average Bonchev–Trinajstić information content (AvgIpc) is 2.42. The molecular weight excluding hydrogens is 242 g/mol. The Bertz CT molecular complexity index is 482. The van der Waals surface area contributed by atoms with Crippen LogP contribution in [0.25, 0.3) is 0 Å². The quantitative estimate of drug-likeness (QED) is 0.512. The van der Waals surface area contributed by atoms with E-state index in [1.807, 2.05) is 18.2 Å². The molecule has 1 aliphatic rings. The number of piperazine rings is 1. The highest BCUT2D eigenvalue weighted by Gasteiger charge is 2.21. The molecule has 1 N–H and O–H groups in total. The highest BCUT2D eigenvalue weighted by molar-refractivity contribution is 5.44. The fraction of sp³-hybridized carbons (Fsp3) is 0.429. The van der Waals surface area contributed by atoms with E-state index in [-0.39, 0.29) is 16.7 Å². The maximum absolute atomic E-state index is 11.0. The molecule has 1 aromatic rings. The Labute approximate surface area is 113 Å². The third-order valence-electron chi connectivity index (χ3n) is 3.54. The van der Waals surface area contributed by atoms with Gasteiger partial charge in [0, 0.05) is 37.8 Å². The van der Waals surface area contributed by atoms with E-state index in [0.29, 0.717) is 5.56 Å². The van der Waals surface area contributed by atoms with Gasteiger partial charge in [-0.05, 0) is 12.5 Å². The van der Waals surface area contributed by atoms with Crippen molar-refractivity contribution in [2.45, 2.75) is 13.0 Å². The Morgan fingerprint density at radius 1 is 1.47 bits per heavy atom. The zero-order valence-corrected chi connectivity index (χ0v) is 11.1. The van der Waals surface area contributed by atoms with Crippen LogP contribution in [0.2, 0.25) is 0 Å². The van der Waals surface area contributed by atoms with E-state index in [2.05, 4.69) is 16.8 Å². The van der Waals surface area contributed by atoms with Crippen molar-refractivity contribution in [1.82, 2.24) is 10.2 Å². The number of hydrogen-bond acceptors (Lipinski definition) is 4. The van der Waals surface area contributed by atoms with Gasteiger partial charge in [0.05, 0.1) is 11.0 Å². The van der Waals surface area contributed by atoms with Crippen LogP contribution in [0.15, 0.2) is 30.9 Å². The summed E-state index contributed by atoms with van der Waals surface area (Å²) in [6.07, 6.45) is 1.86. The van der Waals surface area contributed by atoms with Crippen LogP contribution in [0.4, 0.5) is 5.69 Å². The molecule has 0 aromatic heterocycles. The molecule has 5 heteroatoms. The molecule has 19 heavy (non-hydrogen) atoms. The minimum absolute atomic E-state index is 0.0430. The fourth-order valence-electron chi connectivity index (χ4n) is 2.46. The summed E-state index contributed by atoms with van der Waals surface area (Å²) in [7, 11) is 0. The van der Waals surface area contributed by atoms with Crippen LogP contribution < -0.4 is 5.32 Å². The molecule has 0 spiro atoms. The third kappa shape index (κ3) is 3.00. The lowest BCUT2D eigenvalue weighted by atomic mass is 10.0. The van der Waals surface area contributed by atoms with Crippen LogP contribution >= 0.6 is 0 Å². The number of benzene rings is 1. The topological polar surface area (TPSA) is 58.4 Å². The second-order valence-electron chi connectivity index (χ2n) is 4.77. The van der Waals surface area contributed by atoms with Crippen LogP contribution in [-0.4, -0.2) is 36.0 Å². The van der Waals surface area contributed by atoms with Crippen molar-refractivity contribution in [2.24, 2.45) is 0 Å². The number of nitrogens with one attached hydrogen (secondary N) is 1. The lowest BCUT2D eigenvalue weighted by Crippen LogP contribution is -2.44. The first-order chi connectivity index (χ1) is 9.13. The van der Waals surface area contributed by atoms with Crippen molar-refractivity contribution in [2.75, 3.05) is 26.2 Å². The van der Waals surface area contributed by atoms with Crippen LogP contribution in [0.1, 0.15) is 17.2 Å². The lowest BCUT2D eigenvalue weighted by Gasteiger charge is -2.33. The van der Waals surface area contributed by atoms with Crippen molar-refractivity contribution in [3.8, 4) is 0 Å². The summed E-state index contributed by atoms with van der Waals surface area (Å²) in [5.41, 5.74) is 1.81. The first-order valence-electron chi connectivity index (χ1n) is 6.45. The summed E-state index contributed by atoms with van der Waals surface area (Å²) >= 11 is 0. The van der Waals surface area contributed by atoms with Crippen molar-refractivity contribution < 1.29 is 4.92 Å². The van der Waals surface area contributed by atoms with Gasteiger partial charge in [-0.15, -0.1) is 6.58 Å². The molecule has 1 aliphatic heterocycles.